The van der Waals surface area contributed by atoms with Crippen molar-refractivity contribution in [3.63, 3.8) is 0 Å². The lowest BCUT2D eigenvalue weighted by atomic mass is 9.96. The summed E-state index contributed by atoms with van der Waals surface area (Å²) in [5.41, 5.74) is 2.55. The number of nitrogens with one attached hydrogen (secondary N) is 2. The largest absolute Gasteiger partial charge is 0.324 e. The molecule has 0 radical (unpaired) electrons. The highest BCUT2D eigenvalue weighted by Gasteiger charge is 2.26. The van der Waals surface area contributed by atoms with Crippen LogP contribution in [0.2, 0.25) is 0 Å². The van der Waals surface area contributed by atoms with Crippen LogP contribution >= 0.6 is 11.3 Å². The highest BCUT2D eigenvalue weighted by atomic mass is 32.1. The summed E-state index contributed by atoms with van der Waals surface area (Å²) in [5, 5.41) is 7.95. The third kappa shape index (κ3) is 6.03. The molecule has 2 aromatic carbocycles. The Labute approximate surface area is 187 Å². The van der Waals surface area contributed by atoms with Crippen LogP contribution in [-0.4, -0.2) is 29.8 Å². The van der Waals surface area contributed by atoms with Crippen LogP contribution in [0.4, 0.5) is 11.4 Å². The summed E-state index contributed by atoms with van der Waals surface area (Å²) < 4.78 is 0. The molecule has 0 bridgehead atoms. The molecule has 31 heavy (non-hydrogen) atoms. The fourth-order valence-electron chi connectivity index (χ4n) is 3.96. The van der Waals surface area contributed by atoms with Gasteiger partial charge in [0.05, 0.1) is 23.7 Å². The van der Waals surface area contributed by atoms with E-state index in [1.54, 1.807) is 11.3 Å². The first-order chi connectivity index (χ1) is 15.2. The molecule has 5 nitrogen and oxygen atoms in total. The molecule has 1 aromatic heterocycles. The smallest absolute Gasteiger partial charge is 0.229 e. The first-order valence-corrected chi connectivity index (χ1v) is 11.5. The second-order valence-electron chi connectivity index (χ2n) is 7.90. The Morgan fingerprint density at radius 2 is 1.68 bits per heavy atom. The van der Waals surface area contributed by atoms with Crippen LogP contribution in [0.1, 0.15) is 23.3 Å². The van der Waals surface area contributed by atoms with Crippen LogP contribution in [0.15, 0.2) is 72.1 Å². The summed E-state index contributed by atoms with van der Waals surface area (Å²) in [4.78, 5) is 28.8. The summed E-state index contributed by atoms with van der Waals surface area (Å²) >= 11 is 1.56. The number of benzene rings is 2. The number of piperidine rings is 1. The molecule has 1 aliphatic heterocycles. The minimum Gasteiger partial charge on any atom is -0.324 e. The van der Waals surface area contributed by atoms with Crippen molar-refractivity contribution in [1.29, 1.82) is 0 Å². The van der Waals surface area contributed by atoms with Gasteiger partial charge in [-0.15, -0.1) is 11.3 Å². The number of hydrogen-bond donors (Lipinski definition) is 2. The summed E-state index contributed by atoms with van der Waals surface area (Å²) in [6, 6.07) is 21.6. The van der Waals surface area contributed by atoms with Crippen LogP contribution in [0.3, 0.4) is 0 Å². The lowest BCUT2D eigenvalue weighted by molar-refractivity contribution is -0.121. The van der Waals surface area contributed by atoms with Crippen LogP contribution < -0.4 is 10.6 Å². The Balaban J connectivity index is 1.36. The molecule has 1 aliphatic rings. The summed E-state index contributed by atoms with van der Waals surface area (Å²) in [5.74, 6) is -0.138. The lowest BCUT2D eigenvalue weighted by Crippen LogP contribution is -2.40. The average Bonchev–Trinajstić information content (AvgIpc) is 3.29. The molecule has 0 saturated carbocycles. The van der Waals surface area contributed by atoms with Crippen molar-refractivity contribution in [3.05, 3.63) is 82.6 Å². The second-order valence-corrected chi connectivity index (χ2v) is 8.93. The minimum atomic E-state index is -0.0872. The Hall–Kier alpha value is -2.96. The zero-order chi connectivity index (χ0) is 21.5. The fourth-order valence-corrected chi connectivity index (χ4v) is 4.66. The zero-order valence-corrected chi connectivity index (χ0v) is 18.2. The van der Waals surface area contributed by atoms with E-state index in [0.717, 1.165) is 37.4 Å². The van der Waals surface area contributed by atoms with Crippen molar-refractivity contribution in [2.75, 3.05) is 23.7 Å². The maximum absolute atomic E-state index is 13.0. The zero-order valence-electron chi connectivity index (χ0n) is 17.4. The molecular formula is C25H27N3O2S. The molecule has 1 fully saturated rings. The third-order valence-corrected chi connectivity index (χ3v) is 6.38. The number of carbonyl (C=O) groups excluding carboxylic acids is 2. The van der Waals surface area contributed by atoms with Crippen molar-refractivity contribution >= 4 is 34.5 Å². The number of hydrogen-bond acceptors (Lipinski definition) is 4. The predicted octanol–water partition coefficient (Wildman–Crippen LogP) is 4.78. The Morgan fingerprint density at radius 1 is 0.935 bits per heavy atom. The first-order valence-electron chi connectivity index (χ1n) is 10.7. The van der Waals surface area contributed by atoms with Crippen molar-refractivity contribution in [2.45, 2.75) is 25.8 Å². The number of amides is 2. The summed E-state index contributed by atoms with van der Waals surface area (Å²) in [6.45, 7) is 2.61. The average molecular weight is 434 g/mol. The van der Waals surface area contributed by atoms with Gasteiger partial charge in [-0.1, -0.05) is 48.5 Å². The highest BCUT2D eigenvalue weighted by molar-refractivity contribution is 7.10. The number of anilines is 2. The van der Waals surface area contributed by atoms with E-state index in [0.29, 0.717) is 17.8 Å². The number of nitrogens with zero attached hydrogens (tertiary/aromatic N) is 1. The minimum absolute atomic E-state index is 0.0118. The van der Waals surface area contributed by atoms with Gasteiger partial charge in [0.25, 0.3) is 0 Å². The molecule has 160 valence electrons. The van der Waals surface area contributed by atoms with Crippen LogP contribution in [0.5, 0.6) is 0 Å². The quantitative estimate of drug-likeness (QED) is 0.564. The molecule has 0 spiro atoms. The molecule has 2 N–H and O–H groups in total. The molecule has 0 aliphatic carbocycles. The molecule has 3 aromatic rings. The maximum Gasteiger partial charge on any atom is 0.229 e. The van der Waals surface area contributed by atoms with Crippen molar-refractivity contribution in [2.24, 2.45) is 5.92 Å². The van der Waals surface area contributed by atoms with E-state index in [1.165, 1.54) is 5.56 Å². The molecule has 1 unspecified atom stereocenters. The fraction of sp³-hybridized carbons (Fsp3) is 0.280. The highest BCUT2D eigenvalue weighted by Crippen LogP contribution is 2.25. The SMILES string of the molecule is O=C(Cc1cccs1)Nc1ccccc1NC(=O)C1CCCN(Cc2ccccc2)C1. The monoisotopic (exact) mass is 433 g/mol. The van der Waals surface area contributed by atoms with Crippen molar-refractivity contribution in [3.8, 4) is 0 Å². The van der Waals surface area contributed by atoms with E-state index in [1.807, 2.05) is 60.0 Å². The first kappa shape index (κ1) is 21.3. The van der Waals surface area contributed by atoms with Gasteiger partial charge in [-0.2, -0.15) is 0 Å². The maximum atomic E-state index is 13.0. The molecule has 2 heterocycles. The topological polar surface area (TPSA) is 61.4 Å². The normalized spacial score (nSPS) is 16.6. The predicted molar refractivity (Wildman–Crippen MR) is 126 cm³/mol. The van der Waals surface area contributed by atoms with Gasteiger partial charge < -0.3 is 10.6 Å². The van der Waals surface area contributed by atoms with E-state index < -0.39 is 0 Å². The second kappa shape index (κ2) is 10.4. The number of para-hydroxylation sites is 2. The number of thiophene rings is 1. The molecule has 4 rings (SSSR count). The van der Waals surface area contributed by atoms with Crippen LogP contribution in [-0.2, 0) is 22.6 Å². The van der Waals surface area contributed by atoms with Crippen molar-refractivity contribution in [1.82, 2.24) is 4.90 Å². The van der Waals surface area contributed by atoms with Crippen LogP contribution in [0.25, 0.3) is 0 Å². The van der Waals surface area contributed by atoms with Gasteiger partial charge in [0.1, 0.15) is 0 Å². The number of likely N-dealkylation sites (tertiary alicyclic amines) is 1. The van der Waals surface area contributed by atoms with E-state index >= 15 is 0 Å². The molecule has 6 heteroatoms. The Kier molecular flexibility index (Phi) is 7.12. The van der Waals surface area contributed by atoms with Crippen molar-refractivity contribution < 1.29 is 9.59 Å². The third-order valence-electron chi connectivity index (χ3n) is 5.50. The van der Waals surface area contributed by atoms with Gasteiger partial charge in [0, 0.05) is 18.0 Å². The van der Waals surface area contributed by atoms with E-state index in [-0.39, 0.29) is 17.7 Å². The molecular weight excluding hydrogens is 406 g/mol. The summed E-state index contributed by atoms with van der Waals surface area (Å²) in [6.07, 6.45) is 2.21. The van der Waals surface area contributed by atoms with Gasteiger partial charge >= 0.3 is 0 Å². The standard InChI is InChI=1S/C25H27N3O2S/c29-24(16-21-11-7-15-31-21)26-22-12-4-5-13-23(22)27-25(30)20-10-6-14-28(18-20)17-19-8-2-1-3-9-19/h1-5,7-9,11-13,15,20H,6,10,14,16-18H2,(H,26,29)(H,27,30). The molecule has 1 saturated heterocycles. The van der Waals surface area contributed by atoms with Gasteiger partial charge in [0.15, 0.2) is 0 Å². The number of rotatable bonds is 7. The van der Waals surface area contributed by atoms with E-state index in [9.17, 15) is 9.59 Å². The van der Waals surface area contributed by atoms with E-state index in [4.69, 9.17) is 0 Å². The Bertz CT molecular complexity index is 1000. The van der Waals surface area contributed by atoms with Gasteiger partial charge in [-0.25, -0.2) is 0 Å². The molecule has 1 atom stereocenters. The van der Waals surface area contributed by atoms with Crippen LogP contribution in [0, 0.1) is 5.92 Å². The van der Waals surface area contributed by atoms with E-state index in [2.05, 4.69) is 27.7 Å². The molecule has 2 amide bonds. The lowest BCUT2D eigenvalue weighted by Gasteiger charge is -2.32. The number of carbonyl (C=O) groups is 2. The summed E-state index contributed by atoms with van der Waals surface area (Å²) in [7, 11) is 0. The van der Waals surface area contributed by atoms with Gasteiger partial charge in [-0.05, 0) is 48.5 Å². The van der Waals surface area contributed by atoms with Gasteiger partial charge in [0.2, 0.25) is 11.8 Å². The van der Waals surface area contributed by atoms with Gasteiger partial charge in [-0.3, -0.25) is 14.5 Å². The Morgan fingerprint density at radius 3 is 2.42 bits per heavy atom.